The van der Waals surface area contributed by atoms with E-state index in [2.05, 4.69) is 13.0 Å². The number of carbonyl (C=O) groups is 1. The second-order valence-corrected chi connectivity index (χ2v) is 7.76. The van der Waals surface area contributed by atoms with Crippen molar-refractivity contribution in [1.29, 1.82) is 5.26 Å². The highest BCUT2D eigenvalue weighted by molar-refractivity contribution is 5.70. The van der Waals surface area contributed by atoms with E-state index < -0.39 is 22.7 Å². The summed E-state index contributed by atoms with van der Waals surface area (Å²) < 4.78 is 5.30. The molecule has 2 aliphatic rings. The summed E-state index contributed by atoms with van der Waals surface area (Å²) in [6.07, 6.45) is 3.08. The molecule has 1 N–H and O–H groups in total. The topological polar surface area (TPSA) is 73.6 Å². The average Bonchev–Trinajstić information content (AvgIpc) is 2.32. The lowest BCUT2D eigenvalue weighted by Gasteiger charge is -2.55. The van der Waals surface area contributed by atoms with Gasteiger partial charge in [0.25, 0.3) is 0 Å². The third-order valence-corrected chi connectivity index (χ3v) is 4.66. The molecule has 1 aliphatic carbocycles. The molecule has 0 aromatic heterocycles. The Morgan fingerprint density at radius 2 is 2.05 bits per heavy atom. The van der Waals surface area contributed by atoms with E-state index in [1.807, 2.05) is 20.8 Å². The molecular formula is C16H26N2O3. The zero-order valence-corrected chi connectivity index (χ0v) is 13.5. The Labute approximate surface area is 126 Å². The predicted octanol–water partition coefficient (Wildman–Crippen LogP) is 2.69. The van der Waals surface area contributed by atoms with Crippen molar-refractivity contribution in [2.75, 3.05) is 13.1 Å². The number of nitrogens with zero attached hydrogens (tertiary/aromatic N) is 2. The van der Waals surface area contributed by atoms with E-state index >= 15 is 0 Å². The van der Waals surface area contributed by atoms with Crippen LogP contribution < -0.4 is 0 Å². The van der Waals surface area contributed by atoms with Crippen LogP contribution in [-0.2, 0) is 4.74 Å². The summed E-state index contributed by atoms with van der Waals surface area (Å²) in [5.74, 6) is 0.443. The van der Waals surface area contributed by atoms with E-state index in [-0.39, 0.29) is 13.1 Å². The second kappa shape index (κ2) is 5.17. The molecule has 0 radical (unpaired) electrons. The first-order chi connectivity index (χ1) is 9.61. The van der Waals surface area contributed by atoms with Crippen molar-refractivity contribution in [1.82, 2.24) is 4.90 Å². The summed E-state index contributed by atoms with van der Waals surface area (Å²) in [5, 5.41) is 20.5. The number of hydrogen-bond donors (Lipinski definition) is 1. The van der Waals surface area contributed by atoms with Gasteiger partial charge in [-0.2, -0.15) is 5.26 Å². The molecular weight excluding hydrogens is 268 g/mol. The second-order valence-electron chi connectivity index (χ2n) is 7.76. The molecule has 2 fully saturated rings. The SMILES string of the molecule is CC1CCCC(C#N)(C2(O)CN(C(=O)OC(C)(C)C)C2)C1. The van der Waals surface area contributed by atoms with Crippen LogP contribution in [0.1, 0.15) is 53.4 Å². The van der Waals surface area contributed by atoms with Gasteiger partial charge in [-0.25, -0.2) is 4.79 Å². The number of likely N-dealkylation sites (tertiary alicyclic amines) is 1. The van der Waals surface area contributed by atoms with Crippen LogP contribution in [0.4, 0.5) is 4.79 Å². The van der Waals surface area contributed by atoms with E-state index in [0.29, 0.717) is 18.8 Å². The van der Waals surface area contributed by atoms with E-state index in [0.717, 1.165) is 12.8 Å². The van der Waals surface area contributed by atoms with E-state index in [1.54, 1.807) is 0 Å². The largest absolute Gasteiger partial charge is 0.444 e. The molecule has 118 valence electrons. The van der Waals surface area contributed by atoms with Crippen LogP contribution in [0, 0.1) is 22.7 Å². The van der Waals surface area contributed by atoms with E-state index in [1.165, 1.54) is 4.90 Å². The fourth-order valence-electron chi connectivity index (χ4n) is 3.52. The number of β-amino-alcohol motifs (C(OH)–C–C–N with tert-alkyl or cyclic N) is 1. The molecule has 0 aromatic carbocycles. The molecule has 0 spiro atoms. The summed E-state index contributed by atoms with van der Waals surface area (Å²) in [7, 11) is 0. The minimum Gasteiger partial charge on any atom is -0.444 e. The number of rotatable bonds is 1. The minimum atomic E-state index is -1.09. The maximum atomic E-state index is 12.0. The molecule has 2 unspecified atom stereocenters. The van der Waals surface area contributed by atoms with Crippen molar-refractivity contribution in [3.63, 3.8) is 0 Å². The zero-order valence-electron chi connectivity index (χ0n) is 13.5. The van der Waals surface area contributed by atoms with Gasteiger partial charge in [-0.05, 0) is 39.5 Å². The first kappa shape index (κ1) is 16.1. The molecule has 2 atom stereocenters. The van der Waals surface area contributed by atoms with Gasteiger partial charge in [-0.15, -0.1) is 0 Å². The smallest absolute Gasteiger partial charge is 0.410 e. The van der Waals surface area contributed by atoms with Gasteiger partial charge in [-0.1, -0.05) is 19.8 Å². The van der Waals surface area contributed by atoms with Crippen LogP contribution in [0.25, 0.3) is 0 Å². The minimum absolute atomic E-state index is 0.197. The van der Waals surface area contributed by atoms with E-state index in [9.17, 15) is 15.2 Å². The number of amides is 1. The first-order valence-electron chi connectivity index (χ1n) is 7.72. The maximum Gasteiger partial charge on any atom is 0.410 e. The Balaban J connectivity index is 2.03. The highest BCUT2D eigenvalue weighted by Crippen LogP contribution is 2.50. The quantitative estimate of drug-likeness (QED) is 0.807. The summed E-state index contributed by atoms with van der Waals surface area (Å²) in [6.45, 7) is 7.96. The van der Waals surface area contributed by atoms with Gasteiger partial charge in [0.1, 0.15) is 11.2 Å². The summed E-state index contributed by atoms with van der Waals surface area (Å²) >= 11 is 0. The monoisotopic (exact) mass is 294 g/mol. The lowest BCUT2D eigenvalue weighted by atomic mass is 9.59. The van der Waals surface area contributed by atoms with Crippen LogP contribution in [0.15, 0.2) is 0 Å². The molecule has 1 amide bonds. The maximum absolute atomic E-state index is 12.0. The number of carbonyl (C=O) groups excluding carboxylic acids is 1. The summed E-state index contributed by atoms with van der Waals surface area (Å²) in [5.41, 5.74) is -2.35. The molecule has 0 bridgehead atoms. The molecule has 1 aliphatic heterocycles. The standard InChI is InChI=1S/C16H26N2O3/c1-12-6-5-7-15(8-12,9-17)16(20)10-18(11-16)13(19)21-14(2,3)4/h12,20H,5-8,10-11H2,1-4H3. The first-order valence-corrected chi connectivity index (χ1v) is 7.72. The van der Waals surface area contributed by atoms with Crippen LogP contribution >= 0.6 is 0 Å². The Bertz CT molecular complexity index is 457. The molecule has 1 saturated heterocycles. The average molecular weight is 294 g/mol. The highest BCUT2D eigenvalue weighted by Gasteiger charge is 2.60. The number of ether oxygens (including phenoxy) is 1. The van der Waals surface area contributed by atoms with Crippen molar-refractivity contribution < 1.29 is 14.6 Å². The third-order valence-electron chi connectivity index (χ3n) is 4.66. The lowest BCUT2D eigenvalue weighted by molar-refractivity contribution is -0.167. The van der Waals surface area contributed by atoms with Gasteiger partial charge >= 0.3 is 6.09 Å². The van der Waals surface area contributed by atoms with Crippen LogP contribution in [-0.4, -0.2) is 40.4 Å². The lowest BCUT2D eigenvalue weighted by Crippen LogP contribution is -2.71. The fourth-order valence-corrected chi connectivity index (χ4v) is 3.52. The Kier molecular flexibility index (Phi) is 3.96. The van der Waals surface area contributed by atoms with Crippen molar-refractivity contribution in [3.05, 3.63) is 0 Å². The van der Waals surface area contributed by atoms with Gasteiger partial charge in [0.2, 0.25) is 0 Å². The fraction of sp³-hybridized carbons (Fsp3) is 0.875. The van der Waals surface area contributed by atoms with Gasteiger partial charge in [0, 0.05) is 0 Å². The molecule has 0 aromatic rings. The highest BCUT2D eigenvalue weighted by atomic mass is 16.6. The Morgan fingerprint density at radius 3 is 2.52 bits per heavy atom. The number of aliphatic hydroxyl groups is 1. The third kappa shape index (κ3) is 3.01. The molecule has 21 heavy (non-hydrogen) atoms. The molecule has 1 heterocycles. The number of hydrogen-bond acceptors (Lipinski definition) is 4. The summed E-state index contributed by atoms with van der Waals surface area (Å²) in [4.78, 5) is 13.5. The Morgan fingerprint density at radius 1 is 1.43 bits per heavy atom. The number of nitriles is 1. The molecule has 5 heteroatoms. The van der Waals surface area contributed by atoms with Crippen molar-refractivity contribution in [2.24, 2.45) is 11.3 Å². The van der Waals surface area contributed by atoms with Crippen LogP contribution in [0.5, 0.6) is 0 Å². The van der Waals surface area contributed by atoms with Crippen molar-refractivity contribution in [3.8, 4) is 6.07 Å². The zero-order chi connectivity index (χ0) is 15.9. The van der Waals surface area contributed by atoms with Gasteiger partial charge in [0.05, 0.1) is 24.6 Å². The van der Waals surface area contributed by atoms with Crippen LogP contribution in [0.2, 0.25) is 0 Å². The molecule has 2 rings (SSSR count). The van der Waals surface area contributed by atoms with Gasteiger partial charge < -0.3 is 14.7 Å². The van der Waals surface area contributed by atoms with Crippen molar-refractivity contribution in [2.45, 2.75) is 64.6 Å². The van der Waals surface area contributed by atoms with E-state index in [4.69, 9.17) is 4.74 Å². The van der Waals surface area contributed by atoms with Crippen molar-refractivity contribution >= 4 is 6.09 Å². The molecule has 5 nitrogen and oxygen atoms in total. The summed E-state index contributed by atoms with van der Waals surface area (Å²) in [6, 6.07) is 2.37. The van der Waals surface area contributed by atoms with Crippen LogP contribution in [0.3, 0.4) is 0 Å². The van der Waals surface area contributed by atoms with Gasteiger partial charge in [-0.3, -0.25) is 0 Å². The normalized spacial score (nSPS) is 32.0. The Hall–Kier alpha value is -1.28. The predicted molar refractivity (Wildman–Crippen MR) is 78.4 cm³/mol. The van der Waals surface area contributed by atoms with Gasteiger partial charge in [0.15, 0.2) is 0 Å². The molecule has 1 saturated carbocycles.